The van der Waals surface area contributed by atoms with Crippen molar-refractivity contribution in [2.75, 3.05) is 18.8 Å². The van der Waals surface area contributed by atoms with Crippen LogP contribution in [0.15, 0.2) is 21.7 Å². The van der Waals surface area contributed by atoms with E-state index in [1.165, 1.54) is 11.6 Å². The smallest absolute Gasteiger partial charge is 0.362 e. The van der Waals surface area contributed by atoms with Gasteiger partial charge in [0.25, 0.3) is 0 Å². The van der Waals surface area contributed by atoms with Gasteiger partial charge in [0.15, 0.2) is 22.6 Å². The van der Waals surface area contributed by atoms with Gasteiger partial charge in [-0.25, -0.2) is 19.1 Å². The van der Waals surface area contributed by atoms with Crippen LogP contribution in [0, 0.1) is 5.92 Å². The fourth-order valence-corrected chi connectivity index (χ4v) is 5.47. The zero-order valence-electron chi connectivity index (χ0n) is 24.0. The molecule has 0 radical (unpaired) electrons. The highest BCUT2D eigenvalue weighted by molar-refractivity contribution is 7.84. The number of rotatable bonds is 15. The molecule has 1 saturated heterocycles. The average molecular weight is 658 g/mol. The van der Waals surface area contributed by atoms with Gasteiger partial charge in [0, 0.05) is 31.2 Å². The molecule has 4 rings (SSSR count). The van der Waals surface area contributed by atoms with E-state index in [9.17, 15) is 32.5 Å². The number of β-lactam (4-membered cyclic amide) rings is 1. The Hall–Kier alpha value is -4.21. The summed E-state index contributed by atoms with van der Waals surface area (Å²) in [5.41, 5.74) is 15.3. The number of aromatic nitrogens is 4. The van der Waals surface area contributed by atoms with Gasteiger partial charge in [-0.15, -0.1) is 11.3 Å². The maximum atomic E-state index is 13.3. The van der Waals surface area contributed by atoms with Crippen molar-refractivity contribution in [3.63, 3.8) is 0 Å². The molecule has 19 nitrogen and oxygen atoms in total. The normalized spacial score (nSPS) is 19.5. The van der Waals surface area contributed by atoms with E-state index in [4.69, 9.17) is 22.0 Å². The molecular weight excluding hydrogens is 622 g/mol. The number of carbonyl (C=O) groups excluding carboxylic acids is 2. The summed E-state index contributed by atoms with van der Waals surface area (Å²) in [6.45, 7) is 4.77. The molecule has 0 bridgehead atoms. The highest BCUT2D eigenvalue weighted by Gasteiger charge is 2.56. The highest BCUT2D eigenvalue weighted by atomic mass is 32.2. The van der Waals surface area contributed by atoms with E-state index < -0.39 is 51.9 Å². The van der Waals surface area contributed by atoms with Gasteiger partial charge < -0.3 is 32.5 Å². The zero-order valence-corrected chi connectivity index (χ0v) is 25.6. The number of carboxylic acid groups (broad SMARTS) is 1. The first-order valence-corrected chi connectivity index (χ1v) is 15.8. The summed E-state index contributed by atoms with van der Waals surface area (Å²) >= 11 is 0.992. The molecule has 1 amide bonds. The quantitative estimate of drug-likeness (QED) is 0.0325. The van der Waals surface area contributed by atoms with Crippen LogP contribution in [0.5, 0.6) is 0 Å². The van der Waals surface area contributed by atoms with Crippen LogP contribution in [0.1, 0.15) is 50.9 Å². The van der Waals surface area contributed by atoms with E-state index in [1.54, 1.807) is 0 Å². The number of carboxylic acids is 1. The Morgan fingerprint density at radius 1 is 1.32 bits per heavy atom. The molecule has 1 aliphatic carbocycles. The van der Waals surface area contributed by atoms with Crippen molar-refractivity contribution in [1.82, 2.24) is 29.6 Å². The molecule has 9 N–H and O–H groups in total. The van der Waals surface area contributed by atoms with E-state index in [0.717, 1.165) is 16.1 Å². The van der Waals surface area contributed by atoms with Gasteiger partial charge in [-0.05, 0) is 13.0 Å². The Morgan fingerprint density at radius 3 is 2.59 bits per heavy atom. The summed E-state index contributed by atoms with van der Waals surface area (Å²) in [5.74, 6) is -4.15. The number of carbonyl (C=O) groups is 3. The molecule has 1 aliphatic heterocycles. The number of oxime groups is 1. The third kappa shape index (κ3) is 8.24. The predicted octanol–water partition coefficient (Wildman–Crippen LogP) is -1.28. The molecule has 2 fully saturated rings. The zero-order chi connectivity index (χ0) is 32.7. The van der Waals surface area contributed by atoms with Crippen LogP contribution < -0.4 is 22.5 Å². The van der Waals surface area contributed by atoms with Crippen LogP contribution in [0.4, 0.5) is 5.13 Å². The standard InChI is InChI=1S/C21H29N11O8S2.C2H6/c22-4-1-5-25-19(23)26-7-11-8-27-31(29-11)9-14-12(17(34)32(14)42(37,38)39)6-15(33)16(13-10-41-20(24)28-13)30-40-21(2-3-21)18(35)36;1-2/h8,10,12,14H,1-7,9,22H2,(H2,24,28)(H,35,36)(H3,23,25,26)(H,37,38,39);1-2H3/b30-16-;/t12-,14+;/m0./s1. The van der Waals surface area contributed by atoms with Crippen molar-refractivity contribution >= 4 is 56.1 Å². The molecule has 0 spiro atoms. The van der Waals surface area contributed by atoms with Crippen molar-refractivity contribution in [1.29, 1.82) is 0 Å². The number of ketones is 1. The number of nitrogens with one attached hydrogen (secondary N) is 1. The molecular formula is C23H35N11O8S2. The number of anilines is 1. The number of hydrogen-bond donors (Lipinski definition) is 6. The lowest BCUT2D eigenvalue weighted by Crippen LogP contribution is -2.64. The molecule has 44 heavy (non-hydrogen) atoms. The van der Waals surface area contributed by atoms with Gasteiger partial charge >= 0.3 is 16.3 Å². The number of guanidine groups is 1. The summed E-state index contributed by atoms with van der Waals surface area (Å²) < 4.78 is 33.8. The molecule has 2 aromatic rings. The lowest BCUT2D eigenvalue weighted by molar-refractivity contribution is -0.153. The molecule has 0 unspecified atom stereocenters. The second kappa shape index (κ2) is 14.5. The number of amides is 1. The lowest BCUT2D eigenvalue weighted by atomic mass is 9.84. The van der Waals surface area contributed by atoms with Crippen molar-refractivity contribution < 1.29 is 37.3 Å². The summed E-state index contributed by atoms with van der Waals surface area (Å²) in [5, 5.41) is 25.7. The number of aliphatic carboxylic acids is 1. The summed E-state index contributed by atoms with van der Waals surface area (Å²) in [4.78, 5) is 52.0. The van der Waals surface area contributed by atoms with Crippen LogP contribution in [-0.2, 0) is 42.6 Å². The van der Waals surface area contributed by atoms with E-state index in [2.05, 4.69) is 30.6 Å². The second-order valence-electron chi connectivity index (χ2n) is 9.48. The molecule has 2 aliphatic rings. The Balaban J connectivity index is 0.00000259. The largest absolute Gasteiger partial charge is 0.478 e. The maximum Gasteiger partial charge on any atom is 0.362 e. The Bertz CT molecular complexity index is 1520. The molecule has 21 heteroatoms. The van der Waals surface area contributed by atoms with Crippen molar-refractivity contribution in [3.8, 4) is 0 Å². The fraction of sp³-hybridized carbons (Fsp3) is 0.565. The number of thiazole rings is 1. The average Bonchev–Trinajstić information content (AvgIpc) is 3.44. The van der Waals surface area contributed by atoms with E-state index in [0.29, 0.717) is 25.2 Å². The van der Waals surface area contributed by atoms with E-state index in [-0.39, 0.29) is 52.7 Å². The first-order chi connectivity index (χ1) is 20.8. The van der Waals surface area contributed by atoms with E-state index in [1.807, 2.05) is 13.8 Å². The van der Waals surface area contributed by atoms with E-state index >= 15 is 0 Å². The Labute approximate surface area is 256 Å². The number of nitrogens with zero attached hydrogens (tertiary/aromatic N) is 7. The molecule has 3 heterocycles. The molecule has 2 aromatic heterocycles. The SMILES string of the molecule is CC.NCCCNC(N)=NCc1cnn(C[C@@H]2[C@H](CC(=O)/C(=N\OC3(C(=O)O)CC3)c3csc(N)n3)C(=O)N2S(=O)(=O)O)n1. The first kappa shape index (κ1) is 34.3. The Morgan fingerprint density at radius 2 is 2.02 bits per heavy atom. The topological polar surface area (TPSA) is 297 Å². The summed E-state index contributed by atoms with van der Waals surface area (Å²) in [6.07, 6.45) is 1.85. The van der Waals surface area contributed by atoms with Crippen molar-refractivity contribution in [3.05, 3.63) is 23.0 Å². The van der Waals surface area contributed by atoms with Crippen LogP contribution in [0.2, 0.25) is 0 Å². The van der Waals surface area contributed by atoms with Gasteiger partial charge in [-0.3, -0.25) is 14.1 Å². The first-order valence-electron chi connectivity index (χ1n) is 13.5. The number of nitrogens with two attached hydrogens (primary N) is 3. The maximum absolute atomic E-state index is 13.3. The lowest BCUT2D eigenvalue weighted by Gasteiger charge is -2.43. The van der Waals surface area contributed by atoms with Gasteiger partial charge in [0.1, 0.15) is 11.4 Å². The number of nitrogen functional groups attached to an aromatic ring is 1. The molecule has 1 saturated carbocycles. The second-order valence-corrected chi connectivity index (χ2v) is 11.7. The van der Waals surface area contributed by atoms with Crippen molar-refractivity contribution in [2.24, 2.45) is 27.5 Å². The minimum Gasteiger partial charge on any atom is -0.478 e. The van der Waals surface area contributed by atoms with Crippen LogP contribution >= 0.6 is 11.3 Å². The molecule has 2 atom stereocenters. The van der Waals surface area contributed by atoms with Gasteiger partial charge in [0.05, 0.1) is 31.2 Å². The third-order valence-electron chi connectivity index (χ3n) is 6.42. The highest BCUT2D eigenvalue weighted by Crippen LogP contribution is 2.40. The van der Waals surface area contributed by atoms with Gasteiger partial charge in [-0.2, -0.15) is 23.4 Å². The number of Topliss-reactive ketones (excluding diaryl/α,β-unsaturated/α-hetero) is 1. The van der Waals surface area contributed by atoms with Crippen LogP contribution in [-0.4, -0.2) is 96.4 Å². The predicted molar refractivity (Wildman–Crippen MR) is 157 cm³/mol. The summed E-state index contributed by atoms with van der Waals surface area (Å²) in [6, 6.07) is -1.24. The molecule has 0 aromatic carbocycles. The minimum absolute atomic E-state index is 0.00521. The van der Waals surface area contributed by atoms with Gasteiger partial charge in [-0.1, -0.05) is 19.0 Å². The monoisotopic (exact) mass is 657 g/mol. The number of aliphatic imine (C=N–C) groups is 1. The van der Waals surface area contributed by atoms with Gasteiger partial charge in [0.2, 0.25) is 11.5 Å². The fourth-order valence-electron chi connectivity index (χ4n) is 4.01. The molecule has 242 valence electrons. The number of hydrogen-bond acceptors (Lipinski definition) is 14. The van der Waals surface area contributed by atoms with Crippen LogP contribution in [0.25, 0.3) is 0 Å². The summed E-state index contributed by atoms with van der Waals surface area (Å²) in [7, 11) is -4.98. The third-order valence-corrected chi connectivity index (χ3v) is 8.04. The minimum atomic E-state index is -4.98. The van der Waals surface area contributed by atoms with Crippen molar-refractivity contribution in [2.45, 2.75) is 64.3 Å². The Kier molecular flexibility index (Phi) is 11.3. The van der Waals surface area contributed by atoms with Crippen LogP contribution in [0.3, 0.4) is 0 Å².